The van der Waals surface area contributed by atoms with Crippen LogP contribution in [-0.2, 0) is 13.1 Å². The lowest BCUT2D eigenvalue weighted by Gasteiger charge is -2.13. The molecule has 3 N–H and O–H groups in total. The average molecular weight is 616 g/mol. The van der Waals surface area contributed by atoms with Crippen molar-refractivity contribution >= 4 is 38.4 Å². The second-order valence-electron chi connectivity index (χ2n) is 9.69. The van der Waals surface area contributed by atoms with Crippen LogP contribution in [0.3, 0.4) is 0 Å². The van der Waals surface area contributed by atoms with Crippen LogP contribution in [0.5, 0.6) is 5.88 Å². The zero-order chi connectivity index (χ0) is 31.1. The first-order valence-electron chi connectivity index (χ1n) is 13.2. The van der Waals surface area contributed by atoms with Gasteiger partial charge in [0.1, 0.15) is 16.5 Å². The number of thiophene rings is 1. The zero-order valence-corrected chi connectivity index (χ0v) is 24.1. The molecule has 44 heavy (non-hydrogen) atoms. The Balaban J connectivity index is 1.74. The van der Waals surface area contributed by atoms with E-state index >= 15 is 0 Å². The number of nitrogens with two attached hydrogens (primary N) is 1. The van der Waals surface area contributed by atoms with Gasteiger partial charge in [-0.05, 0) is 42.9 Å². The number of hydrogen-bond acceptors (Lipinski definition) is 9. The van der Waals surface area contributed by atoms with Crippen molar-refractivity contribution in [1.82, 2.24) is 29.6 Å². The van der Waals surface area contributed by atoms with Crippen LogP contribution in [0.1, 0.15) is 21.5 Å². The molecule has 0 atom stereocenters. The van der Waals surface area contributed by atoms with Crippen LogP contribution >= 0.6 is 11.3 Å². The van der Waals surface area contributed by atoms with Gasteiger partial charge in [0.2, 0.25) is 5.88 Å². The first-order valence-corrected chi connectivity index (χ1v) is 14.0. The maximum atomic E-state index is 14.9. The minimum Gasteiger partial charge on any atom is -0.480 e. The molecular weight excluding hydrogens is 592 g/mol. The van der Waals surface area contributed by atoms with Gasteiger partial charge < -0.3 is 15.8 Å². The minimum absolute atomic E-state index is 0.103. The molecule has 0 saturated heterocycles. The largest absolute Gasteiger partial charge is 0.480 e. The highest BCUT2D eigenvalue weighted by Crippen LogP contribution is 2.40. The van der Waals surface area contributed by atoms with Crippen LogP contribution in [0.25, 0.3) is 37.4 Å². The number of amides is 1. The molecule has 1 amide bonds. The van der Waals surface area contributed by atoms with Crippen LogP contribution in [0.4, 0.5) is 8.78 Å². The molecule has 0 aliphatic carbocycles. The SMILES string of the molecule is CNCc1c(-c2ccc(C(N)=O)c3ncccc23)sc2c1c(=O)n(-c1ccc(OC)nn1)c(=O)n2Cc1c(F)cccc1F. The molecule has 0 unspecified atom stereocenters. The third-order valence-electron chi connectivity index (χ3n) is 7.15. The Hall–Kier alpha value is -5.34. The Bertz CT molecular complexity index is 2190. The molecule has 0 saturated carbocycles. The van der Waals surface area contributed by atoms with Gasteiger partial charge in [-0.25, -0.2) is 18.1 Å². The normalized spacial score (nSPS) is 11.4. The van der Waals surface area contributed by atoms with Crippen molar-refractivity contribution in [2.45, 2.75) is 13.1 Å². The number of methoxy groups -OCH3 is 1. The summed E-state index contributed by atoms with van der Waals surface area (Å²) in [7, 11) is 3.09. The summed E-state index contributed by atoms with van der Waals surface area (Å²) in [6.07, 6.45) is 1.53. The molecule has 0 spiro atoms. The van der Waals surface area contributed by atoms with E-state index in [4.69, 9.17) is 10.5 Å². The summed E-state index contributed by atoms with van der Waals surface area (Å²) >= 11 is 1.11. The topological polar surface area (TPSA) is 147 Å². The number of nitrogens with zero attached hydrogens (tertiary/aromatic N) is 5. The number of benzene rings is 2. The fourth-order valence-electron chi connectivity index (χ4n) is 5.13. The van der Waals surface area contributed by atoms with Gasteiger partial charge >= 0.3 is 5.69 Å². The number of carbonyl (C=O) groups excluding carboxylic acids is 1. The van der Waals surface area contributed by atoms with Crippen molar-refractivity contribution in [1.29, 1.82) is 0 Å². The second-order valence-corrected chi connectivity index (χ2v) is 10.7. The minimum atomic E-state index is -0.871. The van der Waals surface area contributed by atoms with E-state index in [2.05, 4.69) is 20.5 Å². The van der Waals surface area contributed by atoms with Gasteiger partial charge in [-0.15, -0.1) is 21.5 Å². The number of pyridine rings is 1. The van der Waals surface area contributed by atoms with Gasteiger partial charge in [-0.2, -0.15) is 0 Å². The Morgan fingerprint density at radius 1 is 1.02 bits per heavy atom. The average Bonchev–Trinajstić information content (AvgIpc) is 3.39. The molecule has 0 aliphatic rings. The molecule has 4 aromatic heterocycles. The number of ether oxygens (including phenoxy) is 1. The van der Waals surface area contributed by atoms with Crippen molar-refractivity contribution in [3.63, 3.8) is 0 Å². The van der Waals surface area contributed by atoms with E-state index in [0.717, 1.165) is 32.6 Å². The van der Waals surface area contributed by atoms with Gasteiger partial charge in [0.05, 0.1) is 30.1 Å². The van der Waals surface area contributed by atoms with E-state index in [1.54, 1.807) is 31.3 Å². The van der Waals surface area contributed by atoms with Crippen LogP contribution in [0.2, 0.25) is 0 Å². The molecule has 4 heterocycles. The summed E-state index contributed by atoms with van der Waals surface area (Å²) in [6, 6.07) is 13.0. The lowest BCUT2D eigenvalue weighted by atomic mass is 9.99. The Morgan fingerprint density at radius 2 is 1.80 bits per heavy atom. The van der Waals surface area contributed by atoms with Crippen LogP contribution in [0.15, 0.2) is 70.4 Å². The Labute approximate surface area is 251 Å². The van der Waals surface area contributed by atoms with Crippen LogP contribution < -0.4 is 27.0 Å². The predicted molar refractivity (Wildman–Crippen MR) is 161 cm³/mol. The maximum Gasteiger partial charge on any atom is 0.338 e. The molecular formula is C30H23F2N7O4S. The first-order chi connectivity index (χ1) is 21.2. The summed E-state index contributed by atoms with van der Waals surface area (Å²) in [5.74, 6) is -2.30. The van der Waals surface area contributed by atoms with E-state index in [0.29, 0.717) is 26.9 Å². The maximum absolute atomic E-state index is 14.9. The molecule has 0 bridgehead atoms. The molecule has 11 nitrogen and oxygen atoms in total. The number of carbonyl (C=O) groups is 1. The van der Waals surface area contributed by atoms with Crippen molar-refractivity contribution in [3.8, 4) is 22.1 Å². The molecule has 6 rings (SSSR count). The predicted octanol–water partition coefficient (Wildman–Crippen LogP) is 3.37. The molecule has 222 valence electrons. The summed E-state index contributed by atoms with van der Waals surface area (Å²) < 4.78 is 36.8. The van der Waals surface area contributed by atoms with Crippen molar-refractivity contribution in [2.24, 2.45) is 5.73 Å². The first kappa shape index (κ1) is 28.8. The number of aromatic nitrogens is 5. The highest BCUT2D eigenvalue weighted by atomic mass is 32.1. The van der Waals surface area contributed by atoms with E-state index in [-0.39, 0.29) is 39.6 Å². The highest BCUT2D eigenvalue weighted by Gasteiger charge is 2.26. The molecule has 0 radical (unpaired) electrons. The highest BCUT2D eigenvalue weighted by molar-refractivity contribution is 7.22. The molecule has 14 heteroatoms. The standard InChI is InChI=1S/C30H23F2N7O4S/c1-34-13-18-24-28(41)39(22-10-11-23(43-2)37-36-22)30(42)38(14-19-20(31)6-3-7-21(19)32)29(24)44-26(18)16-8-9-17(27(33)40)25-15(16)5-4-12-35-25/h3-12,34H,13-14H2,1-2H3,(H2,33,40). The summed E-state index contributed by atoms with van der Waals surface area (Å²) in [6.45, 7) is -0.329. The van der Waals surface area contributed by atoms with Crippen molar-refractivity contribution in [3.05, 3.63) is 110 Å². The van der Waals surface area contributed by atoms with Gasteiger partial charge in [0, 0.05) is 40.2 Å². The quantitative estimate of drug-likeness (QED) is 0.265. The second kappa shape index (κ2) is 11.4. The molecule has 0 fully saturated rings. The van der Waals surface area contributed by atoms with Gasteiger partial charge in [0.25, 0.3) is 11.5 Å². The number of halogens is 2. The molecule has 2 aromatic carbocycles. The van der Waals surface area contributed by atoms with Crippen molar-refractivity contribution < 1.29 is 18.3 Å². The van der Waals surface area contributed by atoms with E-state index < -0.39 is 35.3 Å². The molecule has 6 aromatic rings. The summed E-state index contributed by atoms with van der Waals surface area (Å²) in [4.78, 5) is 45.5. The lowest BCUT2D eigenvalue weighted by Crippen LogP contribution is -2.39. The van der Waals surface area contributed by atoms with Gasteiger partial charge in [-0.1, -0.05) is 18.2 Å². The zero-order valence-electron chi connectivity index (χ0n) is 23.3. The number of hydrogen-bond donors (Lipinski definition) is 2. The lowest BCUT2D eigenvalue weighted by molar-refractivity contribution is 0.100. The third kappa shape index (κ3) is 4.69. The van der Waals surface area contributed by atoms with Crippen LogP contribution in [0, 0.1) is 11.6 Å². The number of primary amides is 1. The van der Waals surface area contributed by atoms with Gasteiger partial charge in [0.15, 0.2) is 5.82 Å². The number of nitrogens with one attached hydrogen (secondary N) is 1. The van der Waals surface area contributed by atoms with E-state index in [1.807, 2.05) is 0 Å². The van der Waals surface area contributed by atoms with Crippen molar-refractivity contribution in [2.75, 3.05) is 14.2 Å². The van der Waals surface area contributed by atoms with E-state index in [1.165, 1.54) is 31.5 Å². The number of rotatable bonds is 8. The summed E-state index contributed by atoms with van der Waals surface area (Å²) in [5, 5.41) is 11.7. The Kier molecular flexibility index (Phi) is 7.45. The monoisotopic (exact) mass is 615 g/mol. The van der Waals surface area contributed by atoms with E-state index in [9.17, 15) is 23.2 Å². The third-order valence-corrected chi connectivity index (χ3v) is 8.44. The van der Waals surface area contributed by atoms with Gasteiger partial charge in [-0.3, -0.25) is 19.1 Å². The summed E-state index contributed by atoms with van der Waals surface area (Å²) in [5.41, 5.74) is 5.40. The van der Waals surface area contributed by atoms with Crippen LogP contribution in [-0.4, -0.2) is 44.4 Å². The Morgan fingerprint density at radius 3 is 2.45 bits per heavy atom. The smallest absolute Gasteiger partial charge is 0.338 e. The molecule has 0 aliphatic heterocycles. The number of fused-ring (bicyclic) bond motifs is 2. The fraction of sp³-hybridized carbons (Fsp3) is 0.133. The fourth-order valence-corrected chi connectivity index (χ4v) is 6.47.